The van der Waals surface area contributed by atoms with Gasteiger partial charge in [-0.2, -0.15) is 0 Å². The van der Waals surface area contributed by atoms with Gasteiger partial charge in [-0.05, 0) is 37.5 Å². The van der Waals surface area contributed by atoms with E-state index >= 15 is 0 Å². The molecule has 2 unspecified atom stereocenters. The van der Waals surface area contributed by atoms with Gasteiger partial charge in [0.05, 0.1) is 26.4 Å². The molecule has 0 saturated carbocycles. The second kappa shape index (κ2) is 62.2. The molecule has 0 radical (unpaired) electrons. The number of carbonyl (C=O) groups is 4. The molecule has 0 aliphatic carbocycles. The van der Waals surface area contributed by atoms with Crippen molar-refractivity contribution in [1.82, 2.24) is 0 Å². The third-order valence-electron chi connectivity index (χ3n) is 16.2. The molecule has 0 amide bonds. The molecule has 0 rings (SSSR count). The van der Waals surface area contributed by atoms with Gasteiger partial charge in [0, 0.05) is 25.7 Å². The summed E-state index contributed by atoms with van der Waals surface area (Å²) in [6.45, 7) is 9.40. The first kappa shape index (κ1) is 87.1. The summed E-state index contributed by atoms with van der Waals surface area (Å²) in [7, 11) is -9.89. The second-order valence-electron chi connectivity index (χ2n) is 26.2. The first-order valence-corrected chi connectivity index (χ1v) is 39.5. The van der Waals surface area contributed by atoms with Crippen molar-refractivity contribution in [3.05, 3.63) is 0 Å². The van der Waals surface area contributed by atoms with Crippen molar-refractivity contribution >= 4 is 39.5 Å². The molecule has 0 aliphatic rings. The molecule has 0 aromatic carbocycles. The maximum Gasteiger partial charge on any atom is 0.472 e. The molecule has 528 valence electrons. The number of phosphoric ester groups is 2. The quantitative estimate of drug-likeness (QED) is 0.0222. The predicted octanol–water partition coefficient (Wildman–Crippen LogP) is 20.0. The molecule has 0 bridgehead atoms. The molecule has 17 nitrogen and oxygen atoms in total. The van der Waals surface area contributed by atoms with E-state index in [1.54, 1.807) is 0 Å². The van der Waals surface area contributed by atoms with E-state index in [2.05, 4.69) is 41.5 Å². The van der Waals surface area contributed by atoms with Crippen molar-refractivity contribution < 1.29 is 80.2 Å². The SMILES string of the molecule is CCCCCCCCCCCCCCCCCCCCCCCC(=O)O[C@H](COC(=O)CCCCCCCCCCC(C)C)COP(=O)(O)OC[C@@H](O)COP(=O)(O)OC[C@@H](COC(=O)CCCCCCCCC)OC(=O)CCCCCCCCCC(C)C. The van der Waals surface area contributed by atoms with Crippen LogP contribution in [-0.2, 0) is 65.4 Å². The number of unbranched alkanes of at least 4 members (excludes halogenated alkanes) is 39. The number of aliphatic hydroxyl groups is 1. The van der Waals surface area contributed by atoms with Gasteiger partial charge in [0.1, 0.15) is 19.3 Å². The minimum Gasteiger partial charge on any atom is -0.462 e. The first-order valence-electron chi connectivity index (χ1n) is 36.5. The average molecular weight is 1310 g/mol. The van der Waals surface area contributed by atoms with Gasteiger partial charge in [-0.15, -0.1) is 0 Å². The lowest BCUT2D eigenvalue weighted by molar-refractivity contribution is -0.161. The van der Waals surface area contributed by atoms with E-state index in [1.165, 1.54) is 161 Å². The number of carbonyl (C=O) groups excluding carboxylic acids is 4. The Kier molecular flexibility index (Phi) is 60.8. The Bertz CT molecular complexity index is 1730. The van der Waals surface area contributed by atoms with Crippen LogP contribution in [0.1, 0.15) is 356 Å². The summed E-state index contributed by atoms with van der Waals surface area (Å²) < 4.78 is 68.1. The fourth-order valence-corrected chi connectivity index (χ4v) is 12.2. The van der Waals surface area contributed by atoms with Gasteiger partial charge in [0.15, 0.2) is 12.2 Å². The van der Waals surface area contributed by atoms with Crippen molar-refractivity contribution in [3.63, 3.8) is 0 Å². The van der Waals surface area contributed by atoms with Crippen LogP contribution in [-0.4, -0.2) is 96.7 Å². The van der Waals surface area contributed by atoms with Crippen LogP contribution < -0.4 is 0 Å². The van der Waals surface area contributed by atoms with Gasteiger partial charge in [0.25, 0.3) is 0 Å². The van der Waals surface area contributed by atoms with E-state index in [-0.39, 0.29) is 25.7 Å². The van der Waals surface area contributed by atoms with Crippen LogP contribution in [0.2, 0.25) is 0 Å². The van der Waals surface area contributed by atoms with Gasteiger partial charge >= 0.3 is 39.5 Å². The van der Waals surface area contributed by atoms with Crippen LogP contribution >= 0.6 is 15.6 Å². The fourth-order valence-electron chi connectivity index (χ4n) is 10.6. The Labute approximate surface area is 543 Å². The topological polar surface area (TPSA) is 237 Å². The minimum absolute atomic E-state index is 0.103. The van der Waals surface area contributed by atoms with E-state index in [9.17, 15) is 43.2 Å². The van der Waals surface area contributed by atoms with Crippen molar-refractivity contribution in [2.75, 3.05) is 39.6 Å². The fraction of sp³-hybridized carbons (Fsp3) is 0.943. The van der Waals surface area contributed by atoms with Gasteiger partial charge in [-0.1, -0.05) is 305 Å². The molecule has 0 saturated heterocycles. The summed E-state index contributed by atoms with van der Waals surface area (Å²) in [5, 5.41) is 10.6. The van der Waals surface area contributed by atoms with Crippen LogP contribution in [0.3, 0.4) is 0 Å². The molecule has 0 fully saturated rings. The third-order valence-corrected chi connectivity index (χ3v) is 18.1. The van der Waals surface area contributed by atoms with E-state index < -0.39 is 97.5 Å². The number of phosphoric acid groups is 2. The van der Waals surface area contributed by atoms with E-state index in [0.29, 0.717) is 31.6 Å². The number of hydrogen-bond acceptors (Lipinski definition) is 15. The van der Waals surface area contributed by atoms with Gasteiger partial charge in [0.2, 0.25) is 0 Å². The van der Waals surface area contributed by atoms with Crippen molar-refractivity contribution in [2.24, 2.45) is 11.8 Å². The van der Waals surface area contributed by atoms with Crippen molar-refractivity contribution in [3.8, 4) is 0 Å². The van der Waals surface area contributed by atoms with E-state index in [0.717, 1.165) is 109 Å². The highest BCUT2D eigenvalue weighted by Crippen LogP contribution is 2.45. The highest BCUT2D eigenvalue weighted by atomic mass is 31.2. The zero-order valence-corrected chi connectivity index (χ0v) is 59.5. The van der Waals surface area contributed by atoms with Crippen LogP contribution in [0.5, 0.6) is 0 Å². The maximum atomic E-state index is 13.0. The average Bonchev–Trinajstić information content (AvgIpc) is 3.68. The summed E-state index contributed by atoms with van der Waals surface area (Å²) in [4.78, 5) is 72.3. The van der Waals surface area contributed by atoms with Gasteiger partial charge in [-0.25, -0.2) is 9.13 Å². The number of aliphatic hydroxyl groups excluding tert-OH is 1. The number of rotatable bonds is 69. The Balaban J connectivity index is 5.13. The van der Waals surface area contributed by atoms with E-state index in [1.807, 2.05) is 0 Å². The summed E-state index contributed by atoms with van der Waals surface area (Å²) >= 11 is 0. The highest BCUT2D eigenvalue weighted by molar-refractivity contribution is 7.47. The van der Waals surface area contributed by atoms with Gasteiger partial charge < -0.3 is 33.8 Å². The lowest BCUT2D eigenvalue weighted by Crippen LogP contribution is -2.30. The largest absolute Gasteiger partial charge is 0.472 e. The maximum absolute atomic E-state index is 13.0. The monoisotopic (exact) mass is 1310 g/mol. The molecular weight excluding hydrogens is 1170 g/mol. The number of hydrogen-bond donors (Lipinski definition) is 3. The molecule has 19 heteroatoms. The molecule has 0 heterocycles. The predicted molar refractivity (Wildman–Crippen MR) is 358 cm³/mol. The molecule has 3 N–H and O–H groups in total. The molecule has 0 aliphatic heterocycles. The molecular formula is C70H136O17P2. The first-order chi connectivity index (χ1) is 42.9. The highest BCUT2D eigenvalue weighted by Gasteiger charge is 2.30. The van der Waals surface area contributed by atoms with Crippen molar-refractivity contribution in [2.45, 2.75) is 374 Å². The number of esters is 4. The standard InChI is InChI=1S/C70H136O17P2/c1-7-9-11-13-15-16-17-18-19-20-21-22-23-24-25-26-27-28-36-42-48-54-69(74)86-66(59-81-68(73)53-47-41-35-30-29-33-38-44-50-62(3)4)61-85-89(78,79)83-57-64(71)56-82-88(76,77)84-60-65(58-80-67(72)52-46-40-32-14-12-10-8-2)87-70(75)55-49-43-37-31-34-39-45-51-63(5)6/h62-66,71H,7-61H2,1-6H3,(H,76,77)(H,78,79)/t64-,65+,66+/m0/s1. The minimum atomic E-state index is -4.95. The van der Waals surface area contributed by atoms with Crippen LogP contribution in [0.4, 0.5) is 0 Å². The molecule has 0 aromatic heterocycles. The summed E-state index contributed by atoms with van der Waals surface area (Å²) in [5.41, 5.74) is 0. The Hall–Kier alpha value is -1.94. The normalized spacial score (nSPS) is 14.1. The second-order valence-corrected chi connectivity index (χ2v) is 29.1. The lowest BCUT2D eigenvalue weighted by atomic mass is 10.0. The van der Waals surface area contributed by atoms with E-state index in [4.69, 9.17) is 37.0 Å². The zero-order valence-electron chi connectivity index (χ0n) is 57.7. The number of ether oxygens (including phenoxy) is 4. The molecule has 5 atom stereocenters. The third kappa shape index (κ3) is 64.6. The Morgan fingerprint density at radius 3 is 0.764 bits per heavy atom. The lowest BCUT2D eigenvalue weighted by Gasteiger charge is -2.21. The smallest absolute Gasteiger partial charge is 0.462 e. The molecule has 0 aromatic rings. The zero-order chi connectivity index (χ0) is 65.7. The Morgan fingerprint density at radius 1 is 0.303 bits per heavy atom. The molecule has 0 spiro atoms. The van der Waals surface area contributed by atoms with Crippen molar-refractivity contribution in [1.29, 1.82) is 0 Å². The Morgan fingerprint density at radius 2 is 0.517 bits per heavy atom. The van der Waals surface area contributed by atoms with Crippen LogP contribution in [0, 0.1) is 11.8 Å². The molecule has 89 heavy (non-hydrogen) atoms. The summed E-state index contributed by atoms with van der Waals surface area (Å²) in [6.07, 6.45) is 47.7. The summed E-state index contributed by atoms with van der Waals surface area (Å²) in [6, 6.07) is 0. The summed E-state index contributed by atoms with van der Waals surface area (Å²) in [5.74, 6) is -0.712. The van der Waals surface area contributed by atoms with Crippen LogP contribution in [0.25, 0.3) is 0 Å². The van der Waals surface area contributed by atoms with Crippen LogP contribution in [0.15, 0.2) is 0 Å². The van der Waals surface area contributed by atoms with Gasteiger partial charge in [-0.3, -0.25) is 37.3 Å².